The van der Waals surface area contributed by atoms with Crippen molar-refractivity contribution in [1.82, 2.24) is 10.2 Å². The highest BCUT2D eigenvalue weighted by Crippen LogP contribution is 2.61. The Labute approximate surface area is 208 Å². The van der Waals surface area contributed by atoms with Gasteiger partial charge < -0.3 is 4.42 Å². The second-order valence-corrected chi connectivity index (χ2v) is 13.1. The standard InChI is InChI=1S/C26H30N4O2S2/c27-15-19(11-20-6-7-22(32-20)33-21-4-2-1-3-5-21)23(31)28-25-30-29-24(34-25)26-12-16-8-17(13-26)10-18(9-16)14-26/h6-7,11,16-18,21H,1-5,8-10,12-14H2,(H,28,30,31). The fraction of sp³-hybridized carbons (Fsp3) is 0.615. The van der Waals surface area contributed by atoms with Crippen molar-refractivity contribution in [2.45, 2.75) is 86.4 Å². The lowest BCUT2D eigenvalue weighted by Crippen LogP contribution is -2.48. The van der Waals surface area contributed by atoms with Crippen LogP contribution in [0.3, 0.4) is 0 Å². The van der Waals surface area contributed by atoms with Crippen LogP contribution in [0.25, 0.3) is 6.08 Å². The van der Waals surface area contributed by atoms with Crippen LogP contribution in [-0.4, -0.2) is 21.4 Å². The van der Waals surface area contributed by atoms with Crippen molar-refractivity contribution < 1.29 is 9.21 Å². The van der Waals surface area contributed by atoms with E-state index in [1.807, 2.05) is 18.2 Å². The number of nitrogens with zero attached hydrogens (tertiary/aromatic N) is 3. The topological polar surface area (TPSA) is 91.8 Å². The average Bonchev–Trinajstić information content (AvgIpc) is 3.47. The molecule has 1 N–H and O–H groups in total. The molecule has 0 spiro atoms. The van der Waals surface area contributed by atoms with Gasteiger partial charge in [0.2, 0.25) is 5.13 Å². The maximum absolute atomic E-state index is 12.8. The van der Waals surface area contributed by atoms with E-state index in [-0.39, 0.29) is 11.0 Å². The van der Waals surface area contributed by atoms with E-state index >= 15 is 0 Å². The number of hydrogen-bond acceptors (Lipinski definition) is 7. The van der Waals surface area contributed by atoms with Crippen molar-refractivity contribution in [3.63, 3.8) is 0 Å². The summed E-state index contributed by atoms with van der Waals surface area (Å²) >= 11 is 3.25. The van der Waals surface area contributed by atoms with Crippen molar-refractivity contribution in [2.24, 2.45) is 17.8 Å². The molecule has 0 saturated heterocycles. The fourth-order valence-electron chi connectivity index (χ4n) is 7.14. The van der Waals surface area contributed by atoms with Crippen molar-refractivity contribution in [1.29, 1.82) is 5.26 Å². The van der Waals surface area contributed by atoms with Crippen LogP contribution in [0, 0.1) is 29.1 Å². The highest BCUT2D eigenvalue weighted by molar-refractivity contribution is 7.99. The number of nitrogens with one attached hydrogen (secondary N) is 1. The zero-order valence-electron chi connectivity index (χ0n) is 19.3. The Hall–Kier alpha value is -2.11. The van der Waals surface area contributed by atoms with Crippen LogP contribution < -0.4 is 5.32 Å². The smallest absolute Gasteiger partial charge is 0.268 e. The molecular weight excluding hydrogens is 464 g/mol. The van der Waals surface area contributed by atoms with Crippen LogP contribution in [0.2, 0.25) is 0 Å². The van der Waals surface area contributed by atoms with Crippen LogP contribution in [0.5, 0.6) is 0 Å². The molecular formula is C26H30N4O2S2. The molecule has 5 aliphatic rings. The Kier molecular flexibility index (Phi) is 6.02. The summed E-state index contributed by atoms with van der Waals surface area (Å²) in [5.41, 5.74) is 0.166. The lowest BCUT2D eigenvalue weighted by atomic mass is 9.50. The van der Waals surface area contributed by atoms with Crippen LogP contribution >= 0.6 is 23.1 Å². The number of rotatable bonds is 6. The van der Waals surface area contributed by atoms with Gasteiger partial charge >= 0.3 is 0 Å². The second-order valence-electron chi connectivity index (χ2n) is 10.8. The maximum Gasteiger partial charge on any atom is 0.268 e. The molecule has 0 atom stereocenters. The van der Waals surface area contributed by atoms with Crippen molar-refractivity contribution in [2.75, 3.05) is 5.32 Å². The van der Waals surface area contributed by atoms with Gasteiger partial charge in [-0.25, -0.2) is 0 Å². The molecule has 5 aliphatic carbocycles. The van der Waals surface area contributed by atoms with Gasteiger partial charge in [-0.3, -0.25) is 10.1 Å². The summed E-state index contributed by atoms with van der Waals surface area (Å²) in [5.74, 6) is 2.55. The molecule has 6 nitrogen and oxygen atoms in total. The van der Waals surface area contributed by atoms with Crippen molar-refractivity contribution in [3.8, 4) is 6.07 Å². The molecule has 1 amide bonds. The molecule has 8 heteroatoms. The first-order valence-corrected chi connectivity index (χ1v) is 14.3. The Bertz CT molecular complexity index is 1100. The summed E-state index contributed by atoms with van der Waals surface area (Å²) in [6.07, 6.45) is 15.6. The van der Waals surface area contributed by atoms with E-state index in [2.05, 4.69) is 15.5 Å². The summed E-state index contributed by atoms with van der Waals surface area (Å²) in [6, 6.07) is 5.77. The third-order valence-corrected chi connectivity index (χ3v) is 10.6. The summed E-state index contributed by atoms with van der Waals surface area (Å²) < 4.78 is 5.89. The Morgan fingerprint density at radius 1 is 1.12 bits per heavy atom. The molecule has 2 aromatic rings. The summed E-state index contributed by atoms with van der Waals surface area (Å²) in [5, 5.41) is 24.2. The molecule has 2 aromatic heterocycles. The van der Waals surface area contributed by atoms with E-state index in [1.165, 1.54) is 88.0 Å². The number of carbonyl (C=O) groups excluding carboxylic acids is 1. The first-order valence-electron chi connectivity index (χ1n) is 12.6. The van der Waals surface area contributed by atoms with E-state index in [9.17, 15) is 10.1 Å². The van der Waals surface area contributed by atoms with Crippen molar-refractivity contribution >= 4 is 40.2 Å². The predicted molar refractivity (Wildman–Crippen MR) is 133 cm³/mol. The molecule has 0 aromatic carbocycles. The number of hydrogen-bond donors (Lipinski definition) is 1. The fourth-order valence-corrected chi connectivity index (χ4v) is 9.28. The van der Waals surface area contributed by atoms with E-state index in [4.69, 9.17) is 4.42 Å². The molecule has 0 aliphatic heterocycles. The van der Waals surface area contributed by atoms with E-state index in [0.29, 0.717) is 16.1 Å². The van der Waals surface area contributed by atoms with Crippen LogP contribution in [-0.2, 0) is 10.2 Å². The zero-order valence-corrected chi connectivity index (χ0v) is 20.9. The van der Waals surface area contributed by atoms with Gasteiger partial charge in [-0.1, -0.05) is 42.4 Å². The largest absolute Gasteiger partial charge is 0.450 e. The maximum atomic E-state index is 12.8. The third-order valence-electron chi connectivity index (χ3n) is 8.23. The minimum absolute atomic E-state index is 0.00937. The first-order chi connectivity index (χ1) is 16.6. The number of anilines is 1. The third kappa shape index (κ3) is 4.45. The van der Waals surface area contributed by atoms with E-state index < -0.39 is 5.91 Å². The minimum atomic E-state index is -0.464. The molecule has 7 rings (SSSR count). The molecule has 178 valence electrons. The molecule has 5 saturated carbocycles. The van der Waals surface area contributed by atoms with Crippen LogP contribution in [0.1, 0.15) is 81.4 Å². The van der Waals surface area contributed by atoms with Crippen LogP contribution in [0.4, 0.5) is 5.13 Å². The van der Waals surface area contributed by atoms with Gasteiger partial charge in [0.1, 0.15) is 22.4 Å². The van der Waals surface area contributed by atoms with E-state index in [0.717, 1.165) is 27.9 Å². The summed E-state index contributed by atoms with van der Waals surface area (Å²) in [6.45, 7) is 0. The van der Waals surface area contributed by atoms with Gasteiger partial charge in [0, 0.05) is 16.7 Å². The van der Waals surface area contributed by atoms with Gasteiger partial charge in [-0.05, 0) is 81.3 Å². The average molecular weight is 495 g/mol. The van der Waals surface area contributed by atoms with E-state index in [1.54, 1.807) is 11.8 Å². The van der Waals surface area contributed by atoms with Crippen LogP contribution in [0.15, 0.2) is 27.2 Å². The number of thioether (sulfide) groups is 1. The zero-order chi connectivity index (χ0) is 23.1. The summed E-state index contributed by atoms with van der Waals surface area (Å²) in [7, 11) is 0. The molecule has 0 unspecified atom stereocenters. The molecule has 34 heavy (non-hydrogen) atoms. The predicted octanol–water partition coefficient (Wildman–Crippen LogP) is 6.57. The quantitative estimate of drug-likeness (QED) is 0.361. The molecule has 2 heterocycles. The highest BCUT2D eigenvalue weighted by atomic mass is 32.2. The van der Waals surface area contributed by atoms with Gasteiger partial charge in [0.15, 0.2) is 5.09 Å². The Balaban J connectivity index is 1.12. The van der Waals surface area contributed by atoms with Gasteiger partial charge in [-0.15, -0.1) is 10.2 Å². The number of carbonyl (C=O) groups is 1. The van der Waals surface area contributed by atoms with Gasteiger partial charge in [0.05, 0.1) is 0 Å². The van der Waals surface area contributed by atoms with Crippen molar-refractivity contribution in [3.05, 3.63) is 28.5 Å². The molecule has 5 fully saturated rings. The number of nitriles is 1. The van der Waals surface area contributed by atoms with Gasteiger partial charge in [-0.2, -0.15) is 5.26 Å². The molecule has 4 bridgehead atoms. The normalized spacial score (nSPS) is 30.9. The monoisotopic (exact) mass is 494 g/mol. The minimum Gasteiger partial charge on any atom is -0.450 e. The molecule has 0 radical (unpaired) electrons. The number of amides is 1. The Morgan fingerprint density at radius 3 is 2.50 bits per heavy atom. The Morgan fingerprint density at radius 2 is 1.82 bits per heavy atom. The first kappa shape index (κ1) is 22.4. The van der Waals surface area contributed by atoms with Gasteiger partial charge in [0.25, 0.3) is 5.91 Å². The summed E-state index contributed by atoms with van der Waals surface area (Å²) in [4.78, 5) is 12.8. The SMILES string of the molecule is N#CC(=Cc1ccc(SC2CCCCC2)o1)C(=O)Nc1nnc(C23CC4CC(CC(C4)C2)C3)s1. The highest BCUT2D eigenvalue weighted by Gasteiger charge is 2.53. The second kappa shape index (κ2) is 9.16. The number of aromatic nitrogens is 2. The lowest BCUT2D eigenvalue weighted by molar-refractivity contribution is -0.112. The number of furan rings is 1. The lowest BCUT2D eigenvalue weighted by Gasteiger charge is -2.55.